The van der Waals surface area contributed by atoms with Crippen LogP contribution in [0, 0.1) is 20.8 Å². The molecule has 2 aromatic heterocycles. The van der Waals surface area contributed by atoms with Crippen molar-refractivity contribution in [2.75, 3.05) is 6.61 Å². The second kappa shape index (κ2) is 10.6. The third-order valence-corrected chi connectivity index (χ3v) is 5.87. The number of benzene rings is 2. The number of aromatic amines is 1. The molecule has 0 aliphatic carbocycles. The molecule has 0 saturated carbocycles. The first kappa shape index (κ1) is 24.3. The fourth-order valence-corrected chi connectivity index (χ4v) is 4.18. The molecular formula is C26H30N6O3. The van der Waals surface area contributed by atoms with Gasteiger partial charge in [-0.05, 0) is 66.9 Å². The van der Waals surface area contributed by atoms with Crippen LogP contribution in [0.25, 0.3) is 10.9 Å². The van der Waals surface area contributed by atoms with Gasteiger partial charge in [0, 0.05) is 29.6 Å². The van der Waals surface area contributed by atoms with Crippen molar-refractivity contribution in [2.45, 2.75) is 53.9 Å². The lowest BCUT2D eigenvalue weighted by molar-refractivity contribution is -0.144. The van der Waals surface area contributed by atoms with Crippen LogP contribution in [0.1, 0.15) is 40.6 Å². The van der Waals surface area contributed by atoms with E-state index in [4.69, 9.17) is 4.74 Å². The molecule has 2 heterocycles. The van der Waals surface area contributed by atoms with Gasteiger partial charge >= 0.3 is 5.97 Å². The molecule has 0 amide bonds. The van der Waals surface area contributed by atoms with Crippen molar-refractivity contribution in [3.63, 3.8) is 0 Å². The number of hydrogen-bond donors (Lipinski definition) is 1. The summed E-state index contributed by atoms with van der Waals surface area (Å²) >= 11 is 0. The number of tetrazole rings is 1. The normalized spacial score (nSPS) is 11.3. The summed E-state index contributed by atoms with van der Waals surface area (Å²) in [4.78, 5) is 30.1. The van der Waals surface area contributed by atoms with Crippen molar-refractivity contribution in [3.05, 3.63) is 86.5 Å². The topological polar surface area (TPSA) is 106 Å². The number of H-pyrrole nitrogens is 1. The van der Waals surface area contributed by atoms with Crippen molar-refractivity contribution >= 4 is 16.9 Å². The second-order valence-corrected chi connectivity index (χ2v) is 8.86. The van der Waals surface area contributed by atoms with Gasteiger partial charge in [-0.1, -0.05) is 35.9 Å². The minimum atomic E-state index is -0.400. The van der Waals surface area contributed by atoms with Crippen LogP contribution in [0.2, 0.25) is 0 Å². The van der Waals surface area contributed by atoms with E-state index in [1.807, 2.05) is 32.9 Å². The predicted octanol–water partition coefficient (Wildman–Crippen LogP) is 3.21. The third kappa shape index (κ3) is 5.99. The Morgan fingerprint density at radius 3 is 2.54 bits per heavy atom. The van der Waals surface area contributed by atoms with Gasteiger partial charge in [0.1, 0.15) is 6.54 Å². The number of carbonyl (C=O) groups is 1. The van der Waals surface area contributed by atoms with E-state index < -0.39 is 5.97 Å². The monoisotopic (exact) mass is 474 g/mol. The van der Waals surface area contributed by atoms with Crippen molar-refractivity contribution < 1.29 is 9.53 Å². The van der Waals surface area contributed by atoms with Gasteiger partial charge in [-0.3, -0.25) is 14.5 Å². The number of carbonyl (C=O) groups excluding carboxylic acids is 1. The number of aromatic nitrogens is 5. The molecule has 35 heavy (non-hydrogen) atoms. The summed E-state index contributed by atoms with van der Waals surface area (Å²) in [7, 11) is 0. The second-order valence-electron chi connectivity index (χ2n) is 8.86. The van der Waals surface area contributed by atoms with Crippen molar-refractivity contribution in [1.29, 1.82) is 0 Å². The van der Waals surface area contributed by atoms with Crippen molar-refractivity contribution in [2.24, 2.45) is 0 Å². The SMILES string of the molecule is CCOC(=O)Cn1nnnc1CN(Cc1ccc(C)cc1)Cc1cc2c(C)cc(C)cc2[nH]c1=O. The molecular weight excluding hydrogens is 444 g/mol. The van der Waals surface area contributed by atoms with Gasteiger partial charge in [0.15, 0.2) is 5.82 Å². The Hall–Kier alpha value is -3.85. The van der Waals surface area contributed by atoms with E-state index in [1.54, 1.807) is 6.92 Å². The first-order chi connectivity index (χ1) is 16.8. The van der Waals surface area contributed by atoms with Crippen molar-refractivity contribution in [3.8, 4) is 0 Å². The average Bonchev–Trinajstić information content (AvgIpc) is 3.22. The predicted molar refractivity (Wildman–Crippen MR) is 133 cm³/mol. The first-order valence-electron chi connectivity index (χ1n) is 11.6. The lowest BCUT2D eigenvalue weighted by Crippen LogP contribution is -2.28. The molecule has 4 rings (SSSR count). The molecule has 0 aliphatic rings. The summed E-state index contributed by atoms with van der Waals surface area (Å²) in [6.07, 6.45) is 0. The highest BCUT2D eigenvalue weighted by Crippen LogP contribution is 2.20. The summed E-state index contributed by atoms with van der Waals surface area (Å²) < 4.78 is 6.48. The molecule has 0 bridgehead atoms. The summed E-state index contributed by atoms with van der Waals surface area (Å²) in [5.41, 5.74) is 5.86. The van der Waals surface area contributed by atoms with Gasteiger partial charge in [0.25, 0.3) is 5.56 Å². The summed E-state index contributed by atoms with van der Waals surface area (Å²) in [6, 6.07) is 14.3. The molecule has 1 N–H and O–H groups in total. The Morgan fingerprint density at radius 2 is 1.80 bits per heavy atom. The highest BCUT2D eigenvalue weighted by atomic mass is 16.5. The van der Waals surface area contributed by atoms with Crippen LogP contribution in [-0.2, 0) is 35.7 Å². The number of aryl methyl sites for hydroxylation is 3. The van der Waals surface area contributed by atoms with Crippen LogP contribution in [0.15, 0.2) is 47.3 Å². The number of pyridine rings is 1. The summed E-state index contributed by atoms with van der Waals surface area (Å²) in [6.45, 7) is 9.41. The summed E-state index contributed by atoms with van der Waals surface area (Å²) in [5.74, 6) is 0.122. The standard InChI is InChI=1S/C26H30N6O3/c1-5-35-25(33)16-32-24(28-29-30-32)15-31(13-20-8-6-17(2)7-9-20)14-21-12-22-19(4)10-18(3)11-23(22)27-26(21)34/h6-12H,5,13-16H2,1-4H3,(H,27,34). The Labute approximate surface area is 203 Å². The zero-order valence-corrected chi connectivity index (χ0v) is 20.5. The number of nitrogens with zero attached hydrogens (tertiary/aromatic N) is 5. The lowest BCUT2D eigenvalue weighted by Gasteiger charge is -2.22. The van der Waals surface area contributed by atoms with E-state index in [0.29, 0.717) is 37.6 Å². The van der Waals surface area contributed by atoms with Crippen LogP contribution in [0.3, 0.4) is 0 Å². The number of nitrogens with one attached hydrogen (secondary N) is 1. The molecule has 9 heteroatoms. The third-order valence-electron chi connectivity index (χ3n) is 5.87. The number of esters is 1. The van der Waals surface area contributed by atoms with Gasteiger partial charge in [0.2, 0.25) is 0 Å². The molecule has 0 spiro atoms. The Morgan fingerprint density at radius 1 is 1.03 bits per heavy atom. The van der Waals surface area contributed by atoms with Gasteiger partial charge in [-0.15, -0.1) is 5.10 Å². The Kier molecular flexibility index (Phi) is 7.36. The maximum atomic E-state index is 13.0. The minimum absolute atomic E-state index is 0.0658. The van der Waals surface area contributed by atoms with Gasteiger partial charge in [0.05, 0.1) is 13.2 Å². The van der Waals surface area contributed by atoms with E-state index in [9.17, 15) is 9.59 Å². The largest absolute Gasteiger partial charge is 0.465 e. The fourth-order valence-electron chi connectivity index (χ4n) is 4.18. The molecule has 2 aromatic carbocycles. The number of rotatable bonds is 9. The van der Waals surface area contributed by atoms with E-state index in [0.717, 1.165) is 27.6 Å². The smallest absolute Gasteiger partial charge is 0.327 e. The number of hydrogen-bond acceptors (Lipinski definition) is 7. The van der Waals surface area contributed by atoms with E-state index in [1.165, 1.54) is 10.2 Å². The Bertz CT molecular complexity index is 1390. The molecule has 4 aromatic rings. The van der Waals surface area contributed by atoms with Crippen LogP contribution in [-0.4, -0.2) is 42.7 Å². The van der Waals surface area contributed by atoms with Crippen LogP contribution in [0.4, 0.5) is 0 Å². The van der Waals surface area contributed by atoms with Crippen LogP contribution < -0.4 is 5.56 Å². The quantitative estimate of drug-likeness (QED) is 0.371. The number of fused-ring (bicyclic) bond motifs is 1. The first-order valence-corrected chi connectivity index (χ1v) is 11.6. The molecule has 182 valence electrons. The zero-order valence-electron chi connectivity index (χ0n) is 20.5. The molecule has 0 atom stereocenters. The molecule has 0 unspecified atom stereocenters. The molecule has 0 fully saturated rings. The van der Waals surface area contributed by atoms with E-state index >= 15 is 0 Å². The Balaban J connectivity index is 1.65. The van der Waals surface area contributed by atoms with Crippen LogP contribution >= 0.6 is 0 Å². The van der Waals surface area contributed by atoms with E-state index in [2.05, 4.69) is 55.7 Å². The average molecular weight is 475 g/mol. The van der Waals surface area contributed by atoms with E-state index in [-0.39, 0.29) is 12.1 Å². The highest BCUT2D eigenvalue weighted by Gasteiger charge is 2.18. The minimum Gasteiger partial charge on any atom is -0.465 e. The van der Waals surface area contributed by atoms with Gasteiger partial charge in [-0.25, -0.2) is 4.68 Å². The molecule has 0 saturated heterocycles. The maximum Gasteiger partial charge on any atom is 0.327 e. The lowest BCUT2D eigenvalue weighted by atomic mass is 10.0. The highest BCUT2D eigenvalue weighted by molar-refractivity contribution is 5.83. The molecule has 0 aliphatic heterocycles. The van der Waals surface area contributed by atoms with Gasteiger partial charge < -0.3 is 9.72 Å². The van der Waals surface area contributed by atoms with Gasteiger partial charge in [-0.2, -0.15) is 0 Å². The fraction of sp³-hybridized carbons (Fsp3) is 0.346. The molecule has 9 nitrogen and oxygen atoms in total. The van der Waals surface area contributed by atoms with Crippen LogP contribution in [0.5, 0.6) is 0 Å². The summed E-state index contributed by atoms with van der Waals surface area (Å²) in [5, 5.41) is 12.9. The maximum absolute atomic E-state index is 13.0. The number of ether oxygens (including phenoxy) is 1. The zero-order chi connectivity index (χ0) is 24.9. The van der Waals surface area contributed by atoms with Crippen molar-refractivity contribution in [1.82, 2.24) is 30.1 Å². The molecule has 0 radical (unpaired) electrons.